The van der Waals surface area contributed by atoms with Gasteiger partial charge in [0.1, 0.15) is 0 Å². The summed E-state index contributed by atoms with van der Waals surface area (Å²) in [6.45, 7) is 0. The van der Waals surface area contributed by atoms with E-state index < -0.39 is 0 Å². The van der Waals surface area contributed by atoms with Crippen molar-refractivity contribution in [1.29, 1.82) is 0 Å². The van der Waals surface area contributed by atoms with Gasteiger partial charge < -0.3 is 17.9 Å². The van der Waals surface area contributed by atoms with Crippen LogP contribution in [-0.4, -0.2) is 17.9 Å². The summed E-state index contributed by atoms with van der Waals surface area (Å²) in [5, 5.41) is 10.1. The van der Waals surface area contributed by atoms with E-state index >= 15 is 0 Å². The van der Waals surface area contributed by atoms with Gasteiger partial charge in [-0.15, -0.1) is 0 Å². The van der Waals surface area contributed by atoms with Crippen molar-refractivity contribution in [2.75, 3.05) is 0 Å². The van der Waals surface area contributed by atoms with E-state index in [-0.39, 0.29) is 0 Å². The van der Waals surface area contributed by atoms with Crippen molar-refractivity contribution in [3.63, 3.8) is 0 Å². The van der Waals surface area contributed by atoms with Crippen molar-refractivity contribution in [2.24, 2.45) is 0 Å². The highest BCUT2D eigenvalue weighted by Crippen LogP contribution is 2.49. The summed E-state index contributed by atoms with van der Waals surface area (Å²) in [6, 6.07) is 62.5. The third-order valence-electron chi connectivity index (χ3n) is 11.6. The lowest BCUT2D eigenvalue weighted by Gasteiger charge is -2.14. The molecule has 0 saturated heterocycles. The Kier molecular flexibility index (Phi) is 4.83. The van der Waals surface area contributed by atoms with E-state index in [0.29, 0.717) is 0 Å². The van der Waals surface area contributed by atoms with Crippen LogP contribution in [0.25, 0.3) is 110 Å². The maximum absolute atomic E-state index is 2.57. The van der Waals surface area contributed by atoms with E-state index in [1.54, 1.807) is 0 Å². The molecular weight excluding hydrogens is 633 g/mol. The Morgan fingerprint density at radius 3 is 1.02 bits per heavy atom. The number of hydrogen-bond acceptors (Lipinski definition) is 0. The van der Waals surface area contributed by atoms with E-state index in [1.807, 2.05) is 0 Å². The molecule has 5 heterocycles. The summed E-state index contributed by atoms with van der Waals surface area (Å²) < 4.78 is 10.1. The Bertz CT molecular complexity index is 3370. The Balaban J connectivity index is 1.39. The van der Waals surface area contributed by atoms with Crippen LogP contribution in [0, 0.1) is 0 Å². The molecule has 0 aliphatic heterocycles. The first-order valence-corrected chi connectivity index (χ1v) is 18.0. The second-order valence-corrected chi connectivity index (χ2v) is 14.1. The molecule has 0 radical (unpaired) electrons. The quantitative estimate of drug-likeness (QED) is 0.164. The van der Waals surface area contributed by atoms with Crippen molar-refractivity contribution < 1.29 is 0 Å². The number of nitrogens with zero attached hydrogens (tertiary/aromatic N) is 4. The van der Waals surface area contributed by atoms with Crippen LogP contribution in [0.3, 0.4) is 0 Å². The highest BCUT2D eigenvalue weighted by molar-refractivity contribution is 6.35. The van der Waals surface area contributed by atoms with Gasteiger partial charge in [0.25, 0.3) is 0 Å². The van der Waals surface area contributed by atoms with Gasteiger partial charge in [-0.2, -0.15) is 0 Å². The average molecular weight is 661 g/mol. The topological polar surface area (TPSA) is 18.7 Å². The lowest BCUT2D eigenvalue weighted by atomic mass is 10.1. The van der Waals surface area contributed by atoms with Gasteiger partial charge in [0.05, 0.1) is 55.2 Å². The number of rotatable bonds is 2. The fourth-order valence-electron chi connectivity index (χ4n) is 9.70. The van der Waals surface area contributed by atoms with Gasteiger partial charge in [0.2, 0.25) is 0 Å². The molecule has 52 heavy (non-hydrogen) atoms. The summed E-state index contributed by atoms with van der Waals surface area (Å²) in [5.74, 6) is 0. The van der Waals surface area contributed by atoms with Gasteiger partial charge in [-0.05, 0) is 60.7 Å². The summed E-state index contributed by atoms with van der Waals surface area (Å²) >= 11 is 0. The van der Waals surface area contributed by atoms with E-state index in [2.05, 4.69) is 188 Å². The second kappa shape index (κ2) is 9.39. The fraction of sp³-hybridized carbons (Fsp3) is 0. The molecule has 0 bridgehead atoms. The average Bonchev–Trinajstić information content (AvgIpc) is 3.93. The molecule has 0 saturated carbocycles. The fourth-order valence-corrected chi connectivity index (χ4v) is 9.70. The van der Waals surface area contributed by atoms with Gasteiger partial charge >= 0.3 is 0 Å². The lowest BCUT2D eigenvalue weighted by molar-refractivity contribution is 1.18. The minimum Gasteiger partial charge on any atom is -0.309 e. The zero-order valence-electron chi connectivity index (χ0n) is 28.0. The number of para-hydroxylation sites is 6. The van der Waals surface area contributed by atoms with Crippen LogP contribution in [-0.2, 0) is 0 Å². The maximum atomic E-state index is 2.57. The van der Waals surface area contributed by atoms with E-state index in [0.717, 1.165) is 0 Å². The normalized spacial score (nSPS) is 12.6. The molecule has 0 amide bonds. The number of fused-ring (bicyclic) bond motifs is 16. The standard InChI is InChI=1S/C48H28N4/c1-3-15-29(16-4-1)49-37-23-11-7-19-31(37)35-27-41-47-43(45(35)49)33-21-9-13-25-39(33)51(47)42-28-36-32-20-8-12-24-38(32)50(30-17-5-2-6-18-30)46(36)44-34-22-10-14-26-40(34)52(41)48(42)44/h1-28H. The van der Waals surface area contributed by atoms with Crippen molar-refractivity contribution in [3.05, 3.63) is 170 Å². The lowest BCUT2D eigenvalue weighted by Crippen LogP contribution is -1.99. The van der Waals surface area contributed by atoms with E-state index in [9.17, 15) is 0 Å². The predicted octanol–water partition coefficient (Wildman–Crippen LogP) is 12.4. The molecule has 0 N–H and O–H groups in total. The Morgan fingerprint density at radius 1 is 0.250 bits per heavy atom. The highest BCUT2D eigenvalue weighted by Gasteiger charge is 2.28. The van der Waals surface area contributed by atoms with Crippen molar-refractivity contribution in [1.82, 2.24) is 17.9 Å². The number of hydrogen-bond donors (Lipinski definition) is 0. The summed E-state index contributed by atoms with van der Waals surface area (Å²) in [6.07, 6.45) is 0. The molecule has 8 aromatic carbocycles. The minimum absolute atomic E-state index is 1.17. The van der Waals surface area contributed by atoms with Crippen LogP contribution in [0.5, 0.6) is 0 Å². The van der Waals surface area contributed by atoms with Crippen LogP contribution < -0.4 is 0 Å². The van der Waals surface area contributed by atoms with E-state index in [4.69, 9.17) is 0 Å². The zero-order valence-corrected chi connectivity index (χ0v) is 28.0. The molecule has 13 rings (SSSR count). The first kappa shape index (κ1) is 26.8. The van der Waals surface area contributed by atoms with Gasteiger partial charge in [-0.1, -0.05) is 109 Å². The summed E-state index contributed by atoms with van der Waals surface area (Å²) in [4.78, 5) is 0. The SMILES string of the molecule is c1ccc(-n2c3ccccc3c3cc4c5c(c6ccccc6n5c5cc6c7ccccc7n(-c7ccccc7)c6c6c7ccccc7n4c65)c32)cc1. The first-order valence-electron chi connectivity index (χ1n) is 18.0. The molecule has 0 aliphatic carbocycles. The molecule has 0 atom stereocenters. The first-order chi connectivity index (χ1) is 25.9. The smallest absolute Gasteiger partial charge is 0.0804 e. The Labute approximate surface area is 296 Å². The minimum atomic E-state index is 1.17. The van der Waals surface area contributed by atoms with Crippen LogP contribution in [0.4, 0.5) is 0 Å². The van der Waals surface area contributed by atoms with Crippen LogP contribution in [0.2, 0.25) is 0 Å². The maximum Gasteiger partial charge on any atom is 0.0804 e. The summed E-state index contributed by atoms with van der Waals surface area (Å²) in [7, 11) is 0. The van der Waals surface area contributed by atoms with Gasteiger partial charge in [0, 0.05) is 54.5 Å². The van der Waals surface area contributed by atoms with Crippen molar-refractivity contribution in [3.8, 4) is 11.4 Å². The van der Waals surface area contributed by atoms with E-state index in [1.165, 1.54) is 110 Å². The van der Waals surface area contributed by atoms with Crippen LogP contribution in [0.1, 0.15) is 0 Å². The molecule has 0 unspecified atom stereocenters. The second-order valence-electron chi connectivity index (χ2n) is 14.1. The molecule has 13 aromatic rings. The third-order valence-corrected chi connectivity index (χ3v) is 11.6. The third kappa shape index (κ3) is 3.07. The number of aromatic nitrogens is 4. The molecular formula is C48H28N4. The molecule has 5 aromatic heterocycles. The zero-order chi connectivity index (χ0) is 33.7. The van der Waals surface area contributed by atoms with Crippen molar-refractivity contribution in [2.45, 2.75) is 0 Å². The molecule has 240 valence electrons. The largest absolute Gasteiger partial charge is 0.309 e. The number of benzene rings is 8. The molecule has 0 aliphatic rings. The Hall–Kier alpha value is -7.04. The van der Waals surface area contributed by atoms with Gasteiger partial charge in [0.15, 0.2) is 0 Å². The van der Waals surface area contributed by atoms with Crippen LogP contribution in [0.15, 0.2) is 170 Å². The van der Waals surface area contributed by atoms with Gasteiger partial charge in [-0.25, -0.2) is 0 Å². The Morgan fingerprint density at radius 2 is 0.596 bits per heavy atom. The molecule has 4 nitrogen and oxygen atoms in total. The monoisotopic (exact) mass is 660 g/mol. The molecule has 0 spiro atoms. The van der Waals surface area contributed by atoms with Crippen molar-refractivity contribution >= 4 is 98.3 Å². The molecule has 0 fully saturated rings. The highest BCUT2D eigenvalue weighted by atomic mass is 15.0. The summed E-state index contributed by atoms with van der Waals surface area (Å²) in [5.41, 5.74) is 14.6. The van der Waals surface area contributed by atoms with Crippen LogP contribution >= 0.6 is 0 Å². The molecule has 4 heteroatoms. The predicted molar refractivity (Wildman–Crippen MR) is 218 cm³/mol. The van der Waals surface area contributed by atoms with Gasteiger partial charge in [-0.3, -0.25) is 0 Å².